The fourth-order valence-electron chi connectivity index (χ4n) is 2.51. The van der Waals surface area contributed by atoms with Crippen LogP contribution in [-0.2, 0) is 4.79 Å². The van der Waals surface area contributed by atoms with Crippen LogP contribution >= 0.6 is 0 Å². The number of carbonyl (C=O) groups excluding carboxylic acids is 1. The molecule has 2 atom stereocenters. The first kappa shape index (κ1) is 14.0. The Balaban J connectivity index is 2.57. The Hall–Kier alpha value is -1.42. The van der Waals surface area contributed by atoms with Gasteiger partial charge in [0.1, 0.15) is 5.82 Å². The van der Waals surface area contributed by atoms with E-state index >= 15 is 0 Å². The van der Waals surface area contributed by atoms with Gasteiger partial charge in [-0.3, -0.25) is 4.79 Å². The van der Waals surface area contributed by atoms with Crippen molar-refractivity contribution in [2.75, 3.05) is 5.32 Å². The van der Waals surface area contributed by atoms with Crippen LogP contribution in [0.3, 0.4) is 0 Å². The molecule has 1 amide bonds. The largest absolute Gasteiger partial charge is 0.388 e. The number of halogens is 1. The first-order chi connectivity index (χ1) is 8.75. The minimum atomic E-state index is -0.826. The molecule has 2 N–H and O–H groups in total. The van der Waals surface area contributed by atoms with Crippen LogP contribution in [0.2, 0.25) is 0 Å². The molecule has 0 spiro atoms. The minimum Gasteiger partial charge on any atom is -0.388 e. The van der Waals surface area contributed by atoms with Gasteiger partial charge in [0, 0.05) is 5.56 Å². The lowest BCUT2D eigenvalue weighted by molar-refractivity contribution is -0.117. The Bertz CT molecular complexity index is 520. The summed E-state index contributed by atoms with van der Waals surface area (Å²) in [6.45, 7) is 7.53. The third-order valence-corrected chi connectivity index (χ3v) is 3.63. The van der Waals surface area contributed by atoms with E-state index in [4.69, 9.17) is 0 Å². The van der Waals surface area contributed by atoms with Crippen molar-refractivity contribution in [1.29, 1.82) is 0 Å². The van der Waals surface area contributed by atoms with Crippen molar-refractivity contribution in [2.45, 2.75) is 46.1 Å². The molecule has 1 heterocycles. The van der Waals surface area contributed by atoms with Gasteiger partial charge >= 0.3 is 0 Å². The number of hydrogen-bond acceptors (Lipinski definition) is 2. The number of hydrogen-bond donors (Lipinski definition) is 2. The van der Waals surface area contributed by atoms with E-state index in [1.54, 1.807) is 0 Å². The van der Waals surface area contributed by atoms with Gasteiger partial charge in [-0.25, -0.2) is 4.39 Å². The second-order valence-corrected chi connectivity index (χ2v) is 6.18. The zero-order chi connectivity index (χ0) is 14.4. The molecule has 0 radical (unpaired) electrons. The Labute approximate surface area is 112 Å². The summed E-state index contributed by atoms with van der Waals surface area (Å²) in [4.78, 5) is 11.9. The Morgan fingerprint density at radius 3 is 2.58 bits per heavy atom. The fourth-order valence-corrected chi connectivity index (χ4v) is 2.51. The second-order valence-electron chi connectivity index (χ2n) is 6.18. The molecule has 104 valence electrons. The molecule has 1 aromatic carbocycles. The van der Waals surface area contributed by atoms with Gasteiger partial charge in [-0.2, -0.15) is 0 Å². The summed E-state index contributed by atoms with van der Waals surface area (Å²) >= 11 is 0. The van der Waals surface area contributed by atoms with E-state index in [1.165, 1.54) is 12.1 Å². The number of carbonyl (C=O) groups is 1. The molecule has 2 unspecified atom stereocenters. The first-order valence-corrected chi connectivity index (χ1v) is 6.58. The van der Waals surface area contributed by atoms with Gasteiger partial charge in [0.15, 0.2) is 0 Å². The number of amides is 1. The van der Waals surface area contributed by atoms with Gasteiger partial charge in [0.05, 0.1) is 17.7 Å². The standard InChI is InChI=1S/C15H20FNO2/c1-5-9-10-6-8(16)7-11(12(10)17-14(9)19)13(18)15(2,3)4/h6-7,9,13,18H,5H2,1-4H3,(H,17,19). The van der Waals surface area contributed by atoms with E-state index in [2.05, 4.69) is 5.32 Å². The molecule has 0 aromatic heterocycles. The molecular weight excluding hydrogens is 245 g/mol. The minimum absolute atomic E-state index is 0.120. The quantitative estimate of drug-likeness (QED) is 0.861. The lowest BCUT2D eigenvalue weighted by Crippen LogP contribution is -2.19. The third kappa shape index (κ3) is 2.37. The molecule has 4 heteroatoms. The summed E-state index contributed by atoms with van der Waals surface area (Å²) in [5.74, 6) is -0.853. The van der Waals surface area contributed by atoms with Crippen molar-refractivity contribution in [3.05, 3.63) is 29.1 Å². The van der Waals surface area contributed by atoms with E-state index in [0.29, 0.717) is 23.2 Å². The van der Waals surface area contributed by atoms with Gasteiger partial charge in [-0.1, -0.05) is 27.7 Å². The van der Waals surface area contributed by atoms with Crippen molar-refractivity contribution in [3.8, 4) is 0 Å². The van der Waals surface area contributed by atoms with Crippen LogP contribution in [0.25, 0.3) is 0 Å². The zero-order valence-electron chi connectivity index (χ0n) is 11.7. The van der Waals surface area contributed by atoms with Gasteiger partial charge in [-0.15, -0.1) is 0 Å². The molecular formula is C15H20FNO2. The molecule has 19 heavy (non-hydrogen) atoms. The Morgan fingerprint density at radius 1 is 1.42 bits per heavy atom. The number of benzene rings is 1. The first-order valence-electron chi connectivity index (χ1n) is 6.58. The lowest BCUT2D eigenvalue weighted by atomic mass is 9.83. The van der Waals surface area contributed by atoms with Crippen LogP contribution in [0.1, 0.15) is 57.3 Å². The van der Waals surface area contributed by atoms with Crippen molar-refractivity contribution in [3.63, 3.8) is 0 Å². The predicted octanol–water partition coefficient (Wildman–Crippen LogP) is 3.35. The molecule has 3 nitrogen and oxygen atoms in total. The number of fused-ring (bicyclic) bond motifs is 1. The van der Waals surface area contributed by atoms with E-state index in [9.17, 15) is 14.3 Å². The highest BCUT2D eigenvalue weighted by atomic mass is 19.1. The van der Waals surface area contributed by atoms with Crippen molar-refractivity contribution in [1.82, 2.24) is 0 Å². The number of aliphatic hydroxyl groups is 1. The second kappa shape index (κ2) is 4.60. The zero-order valence-corrected chi connectivity index (χ0v) is 11.7. The Morgan fingerprint density at radius 2 is 2.05 bits per heavy atom. The van der Waals surface area contributed by atoms with Gasteiger partial charge in [0.25, 0.3) is 0 Å². The smallest absolute Gasteiger partial charge is 0.232 e. The van der Waals surface area contributed by atoms with Gasteiger partial charge in [0.2, 0.25) is 5.91 Å². The summed E-state index contributed by atoms with van der Waals surface area (Å²) in [6, 6.07) is 2.70. The van der Waals surface area contributed by atoms with Gasteiger partial charge < -0.3 is 10.4 Å². The molecule has 0 saturated heterocycles. The number of rotatable bonds is 2. The molecule has 0 aliphatic carbocycles. The van der Waals surface area contributed by atoms with Crippen LogP contribution in [0, 0.1) is 11.2 Å². The SMILES string of the molecule is CCC1C(=O)Nc2c1cc(F)cc2C(O)C(C)(C)C. The van der Waals surface area contributed by atoms with Crippen LogP contribution in [0.4, 0.5) is 10.1 Å². The van der Waals surface area contributed by atoms with Crippen LogP contribution < -0.4 is 5.32 Å². The van der Waals surface area contributed by atoms with E-state index in [1.807, 2.05) is 27.7 Å². The maximum Gasteiger partial charge on any atom is 0.232 e. The summed E-state index contributed by atoms with van der Waals surface area (Å²) in [5.41, 5.74) is 1.29. The molecule has 0 saturated carbocycles. The topological polar surface area (TPSA) is 49.3 Å². The van der Waals surface area contributed by atoms with Crippen molar-refractivity contribution < 1.29 is 14.3 Å². The average Bonchev–Trinajstić information content (AvgIpc) is 2.61. The summed E-state index contributed by atoms with van der Waals surface area (Å²) in [6.07, 6.45) is -0.208. The van der Waals surface area contributed by atoms with Crippen molar-refractivity contribution in [2.24, 2.45) is 5.41 Å². The highest BCUT2D eigenvalue weighted by Crippen LogP contribution is 2.43. The molecule has 1 aliphatic heterocycles. The Kier molecular flexibility index (Phi) is 3.39. The molecule has 1 aromatic rings. The van der Waals surface area contributed by atoms with Gasteiger partial charge in [-0.05, 0) is 29.5 Å². The summed E-state index contributed by atoms with van der Waals surface area (Å²) < 4.78 is 13.8. The summed E-state index contributed by atoms with van der Waals surface area (Å²) in [7, 11) is 0. The summed E-state index contributed by atoms with van der Waals surface area (Å²) in [5, 5.41) is 13.2. The maximum atomic E-state index is 13.8. The number of anilines is 1. The number of aliphatic hydroxyl groups excluding tert-OH is 1. The molecule has 0 fully saturated rings. The van der Waals surface area contributed by atoms with Crippen molar-refractivity contribution >= 4 is 11.6 Å². The maximum absolute atomic E-state index is 13.8. The van der Waals surface area contributed by atoms with E-state index in [-0.39, 0.29) is 11.8 Å². The molecule has 1 aliphatic rings. The van der Waals surface area contributed by atoms with E-state index in [0.717, 1.165) is 0 Å². The van der Waals surface area contributed by atoms with Crippen LogP contribution in [0.5, 0.6) is 0 Å². The lowest BCUT2D eigenvalue weighted by Gasteiger charge is -2.27. The van der Waals surface area contributed by atoms with Crippen LogP contribution in [-0.4, -0.2) is 11.0 Å². The van der Waals surface area contributed by atoms with E-state index < -0.39 is 17.3 Å². The molecule has 2 rings (SSSR count). The average molecular weight is 265 g/mol. The molecule has 0 bridgehead atoms. The highest BCUT2D eigenvalue weighted by Gasteiger charge is 2.35. The number of nitrogens with one attached hydrogen (secondary N) is 1. The normalized spacial score (nSPS) is 20.1. The monoisotopic (exact) mass is 265 g/mol. The fraction of sp³-hybridized carbons (Fsp3) is 0.533. The highest BCUT2D eigenvalue weighted by molar-refractivity contribution is 6.03. The van der Waals surface area contributed by atoms with Crippen LogP contribution in [0.15, 0.2) is 12.1 Å². The predicted molar refractivity (Wildman–Crippen MR) is 72.5 cm³/mol. The third-order valence-electron chi connectivity index (χ3n) is 3.63.